The van der Waals surface area contributed by atoms with Gasteiger partial charge in [0, 0.05) is 43.1 Å². The second-order valence-electron chi connectivity index (χ2n) is 18.6. The van der Waals surface area contributed by atoms with Crippen molar-refractivity contribution in [2.75, 3.05) is 0 Å². The molecule has 4 aromatic heterocycles. The highest BCUT2D eigenvalue weighted by atomic mass is 32.1. The molecule has 10 aromatic carbocycles. The lowest BCUT2D eigenvalue weighted by Gasteiger charge is -2.12. The second-order valence-corrected chi connectivity index (χ2v) is 19.6. The van der Waals surface area contributed by atoms with E-state index in [1.54, 1.807) is 11.3 Å². The number of hydrogen-bond donors (Lipinski definition) is 0. The van der Waals surface area contributed by atoms with Crippen LogP contribution in [0.3, 0.4) is 0 Å². The van der Waals surface area contributed by atoms with Gasteiger partial charge >= 0.3 is 0 Å². The molecule has 0 amide bonds. The van der Waals surface area contributed by atoms with E-state index in [1.165, 1.54) is 21.2 Å². The molecule has 0 saturated carbocycles. The van der Waals surface area contributed by atoms with Gasteiger partial charge in [-0.3, -0.25) is 0 Å². The summed E-state index contributed by atoms with van der Waals surface area (Å²) in [6.07, 6.45) is 0. The highest BCUT2D eigenvalue weighted by Gasteiger charge is 2.20. The maximum absolute atomic E-state index is 6.43. The fourth-order valence-electron chi connectivity index (χ4n) is 10.3. The Balaban J connectivity index is 0.797. The average Bonchev–Trinajstić information content (AvgIpc) is 4.07. The van der Waals surface area contributed by atoms with E-state index in [-0.39, 0.29) is 0 Å². The minimum Gasteiger partial charge on any atom is -0.438 e. The fraction of sp³-hybridized carbons (Fsp3) is 0. The first-order valence-corrected chi connectivity index (χ1v) is 25.6. The fourth-order valence-corrected chi connectivity index (χ4v) is 11.3. The minimum atomic E-state index is 0.566. The number of furan rings is 1. The first-order valence-electron chi connectivity index (χ1n) is 24.8. The molecule has 4 heterocycles. The molecular weight excluding hydrogens is 921 g/mol. The third kappa shape index (κ3) is 7.91. The number of hydrogen-bond acceptors (Lipinski definition) is 6. The Kier molecular flexibility index (Phi) is 10.6. The lowest BCUT2D eigenvalue weighted by molar-refractivity contribution is 0.653. The molecule has 0 aliphatic heterocycles. The summed E-state index contributed by atoms with van der Waals surface area (Å²) in [5.41, 5.74) is 18.4. The molecule has 0 saturated heterocycles. The standard InChI is InChI=1S/C68H42N4OS/c1-3-15-43(16-4-1)45-31-35-47(36-32-45)63-61-57-27-7-9-29-59(57)73-67(61)71-66(69-63)56-26-14-24-54(42-56)52-22-12-20-50(40-52)49-19-11-21-51(39-49)53-23-13-25-55(41-53)64-62-58-28-8-10-30-60(58)74-68(62)72-65(70-64)48-37-33-46(34-38-48)44-17-5-2-6-18-44/h1-42H. The van der Waals surface area contributed by atoms with Crippen molar-refractivity contribution >= 4 is 53.7 Å². The van der Waals surface area contributed by atoms with Crippen molar-refractivity contribution in [3.8, 4) is 101 Å². The normalized spacial score (nSPS) is 11.5. The molecule has 346 valence electrons. The molecule has 6 heteroatoms. The van der Waals surface area contributed by atoms with E-state index in [1.807, 2.05) is 30.3 Å². The summed E-state index contributed by atoms with van der Waals surface area (Å²) in [6, 6.07) is 89.6. The Morgan fingerprint density at radius 1 is 0.270 bits per heavy atom. The van der Waals surface area contributed by atoms with Crippen LogP contribution < -0.4 is 0 Å². The van der Waals surface area contributed by atoms with Crippen LogP contribution in [0.1, 0.15) is 0 Å². The van der Waals surface area contributed by atoms with Gasteiger partial charge in [-0.15, -0.1) is 11.3 Å². The predicted octanol–water partition coefficient (Wildman–Crippen LogP) is 18.5. The molecule has 14 rings (SSSR count). The summed E-state index contributed by atoms with van der Waals surface area (Å²) in [5, 5.41) is 4.15. The Morgan fingerprint density at radius 3 is 1.27 bits per heavy atom. The molecule has 0 radical (unpaired) electrons. The van der Waals surface area contributed by atoms with Crippen molar-refractivity contribution in [1.29, 1.82) is 0 Å². The SMILES string of the molecule is c1ccc(-c2ccc(-c3nc(-c4cccc(-c5cccc(-c6cccc(-c7cccc(-c8nc(-c9ccc(-c%10ccccc%10)cc9)c9c(n8)oc8ccccc89)c7)c6)c5)c4)c4c(n3)sc3ccccc34)cc2)cc1. The largest absolute Gasteiger partial charge is 0.438 e. The Hall–Kier alpha value is -9.62. The molecule has 0 bridgehead atoms. The highest BCUT2D eigenvalue weighted by molar-refractivity contribution is 7.25. The van der Waals surface area contributed by atoms with Gasteiger partial charge in [0.2, 0.25) is 5.71 Å². The van der Waals surface area contributed by atoms with Crippen LogP contribution >= 0.6 is 11.3 Å². The van der Waals surface area contributed by atoms with Crippen molar-refractivity contribution in [3.63, 3.8) is 0 Å². The van der Waals surface area contributed by atoms with Gasteiger partial charge in [0.15, 0.2) is 11.6 Å². The topological polar surface area (TPSA) is 64.7 Å². The minimum absolute atomic E-state index is 0.566. The van der Waals surface area contributed by atoms with Crippen LogP contribution in [0.15, 0.2) is 259 Å². The predicted molar refractivity (Wildman–Crippen MR) is 307 cm³/mol. The molecule has 0 atom stereocenters. The Morgan fingerprint density at radius 2 is 0.676 bits per heavy atom. The number of benzene rings is 10. The molecule has 0 fully saturated rings. The van der Waals surface area contributed by atoms with Gasteiger partial charge < -0.3 is 4.42 Å². The zero-order chi connectivity index (χ0) is 49.0. The zero-order valence-corrected chi connectivity index (χ0v) is 40.7. The van der Waals surface area contributed by atoms with Gasteiger partial charge in [0.25, 0.3) is 0 Å². The van der Waals surface area contributed by atoms with Gasteiger partial charge in [0.05, 0.1) is 16.8 Å². The Bertz CT molecular complexity index is 4410. The van der Waals surface area contributed by atoms with Crippen molar-refractivity contribution in [1.82, 2.24) is 19.9 Å². The van der Waals surface area contributed by atoms with Crippen LogP contribution in [0.4, 0.5) is 0 Å². The van der Waals surface area contributed by atoms with E-state index in [2.05, 4.69) is 224 Å². The highest BCUT2D eigenvalue weighted by Crippen LogP contribution is 2.42. The smallest absolute Gasteiger partial charge is 0.231 e. The van der Waals surface area contributed by atoms with Gasteiger partial charge in [-0.25, -0.2) is 15.0 Å². The maximum atomic E-state index is 6.43. The van der Waals surface area contributed by atoms with E-state index in [0.29, 0.717) is 17.4 Å². The molecule has 0 unspecified atom stereocenters. The van der Waals surface area contributed by atoms with Crippen molar-refractivity contribution in [2.24, 2.45) is 0 Å². The lowest BCUT2D eigenvalue weighted by Crippen LogP contribution is -1.94. The van der Waals surface area contributed by atoms with Crippen LogP contribution in [0.5, 0.6) is 0 Å². The van der Waals surface area contributed by atoms with Crippen LogP contribution in [-0.2, 0) is 0 Å². The number of nitrogens with zero attached hydrogens (tertiary/aromatic N) is 4. The Labute approximate surface area is 431 Å². The number of thiophene rings is 1. The maximum Gasteiger partial charge on any atom is 0.231 e. The summed E-state index contributed by atoms with van der Waals surface area (Å²) in [4.78, 5) is 21.9. The number of rotatable bonds is 9. The third-order valence-electron chi connectivity index (χ3n) is 14.0. The summed E-state index contributed by atoms with van der Waals surface area (Å²) >= 11 is 1.72. The van der Waals surface area contributed by atoms with Crippen molar-refractivity contribution in [2.45, 2.75) is 0 Å². The first-order chi connectivity index (χ1) is 36.6. The van der Waals surface area contributed by atoms with E-state index in [4.69, 9.17) is 24.4 Å². The van der Waals surface area contributed by atoms with Crippen LogP contribution in [-0.4, -0.2) is 19.9 Å². The average molecular weight is 963 g/mol. The number of aromatic nitrogens is 4. The lowest BCUT2D eigenvalue weighted by atomic mass is 9.94. The third-order valence-corrected chi connectivity index (χ3v) is 15.0. The molecular formula is C68H42N4OS. The van der Waals surface area contributed by atoms with Crippen LogP contribution in [0.25, 0.3) is 143 Å². The molecule has 0 aliphatic carbocycles. The quantitative estimate of drug-likeness (QED) is 0.144. The summed E-state index contributed by atoms with van der Waals surface area (Å²) in [7, 11) is 0. The number of para-hydroxylation sites is 1. The summed E-state index contributed by atoms with van der Waals surface area (Å²) in [5.74, 6) is 1.32. The molecule has 14 aromatic rings. The van der Waals surface area contributed by atoms with Gasteiger partial charge in [-0.1, -0.05) is 218 Å². The second kappa shape index (κ2) is 18.2. The molecule has 74 heavy (non-hydrogen) atoms. The molecule has 0 spiro atoms. The molecule has 0 aliphatic rings. The molecule has 0 N–H and O–H groups in total. The van der Waals surface area contributed by atoms with E-state index in [9.17, 15) is 0 Å². The first kappa shape index (κ1) is 43.2. The monoisotopic (exact) mass is 962 g/mol. The van der Waals surface area contributed by atoms with E-state index < -0.39 is 0 Å². The van der Waals surface area contributed by atoms with Crippen molar-refractivity contribution in [3.05, 3.63) is 255 Å². The molecule has 5 nitrogen and oxygen atoms in total. The van der Waals surface area contributed by atoms with Crippen LogP contribution in [0.2, 0.25) is 0 Å². The summed E-state index contributed by atoms with van der Waals surface area (Å²) in [6.45, 7) is 0. The van der Waals surface area contributed by atoms with Gasteiger partial charge in [-0.05, 0) is 92.0 Å². The van der Waals surface area contributed by atoms with Gasteiger partial charge in [0.1, 0.15) is 10.4 Å². The van der Waals surface area contributed by atoms with Crippen LogP contribution in [0, 0.1) is 0 Å². The van der Waals surface area contributed by atoms with Crippen molar-refractivity contribution < 1.29 is 4.42 Å². The number of fused-ring (bicyclic) bond motifs is 6. The van der Waals surface area contributed by atoms with Gasteiger partial charge in [-0.2, -0.15) is 4.98 Å². The summed E-state index contributed by atoms with van der Waals surface area (Å²) < 4.78 is 7.62. The van der Waals surface area contributed by atoms with E-state index in [0.717, 1.165) is 105 Å². The zero-order valence-electron chi connectivity index (χ0n) is 39.9. The van der Waals surface area contributed by atoms with E-state index >= 15 is 0 Å².